The Morgan fingerprint density at radius 3 is 2.61 bits per heavy atom. The van der Waals surface area contributed by atoms with Crippen molar-refractivity contribution in [3.8, 4) is 17.4 Å². The van der Waals surface area contributed by atoms with Crippen LogP contribution < -0.4 is 10.1 Å². The molecule has 28 heavy (non-hydrogen) atoms. The fourth-order valence-corrected chi connectivity index (χ4v) is 3.76. The number of carbonyl (C=O) groups excluding carboxylic acids is 1. The van der Waals surface area contributed by atoms with Gasteiger partial charge in [-0.25, -0.2) is 4.98 Å². The van der Waals surface area contributed by atoms with E-state index in [2.05, 4.69) is 26.2 Å². The lowest BCUT2D eigenvalue weighted by molar-refractivity contribution is -0.139. The highest BCUT2D eigenvalue weighted by atomic mass is 79.9. The van der Waals surface area contributed by atoms with Crippen LogP contribution in [-0.2, 0) is 9.59 Å². The second kappa shape index (κ2) is 9.05. The Balaban J connectivity index is 1.73. The molecule has 0 radical (unpaired) electrons. The average molecular weight is 449 g/mol. The van der Waals surface area contributed by atoms with E-state index in [1.165, 1.54) is 6.42 Å². The molecular formula is C20H21BrN2O5. The standard InChI is InChI=1S/C20H21BrN2O5/c21-14-10-13(22-17(25)11-19(26)27)6-8-16(14)28-18-9-7-15(24)20(23-18)12-4-2-1-3-5-12/h6-10,12,24H,1-5,11H2,(H,22,25)(H,26,27). The number of amides is 1. The van der Waals surface area contributed by atoms with Crippen molar-refractivity contribution in [3.63, 3.8) is 0 Å². The van der Waals surface area contributed by atoms with Crippen LogP contribution in [-0.4, -0.2) is 27.1 Å². The molecular weight excluding hydrogens is 428 g/mol. The van der Waals surface area contributed by atoms with Crippen LogP contribution in [0.1, 0.15) is 50.1 Å². The molecule has 0 unspecified atom stereocenters. The number of nitrogens with zero attached hydrogens (tertiary/aromatic N) is 1. The molecule has 1 aromatic carbocycles. The highest BCUT2D eigenvalue weighted by Crippen LogP contribution is 2.38. The zero-order valence-electron chi connectivity index (χ0n) is 15.2. The molecule has 1 amide bonds. The molecule has 1 aromatic heterocycles. The first-order valence-corrected chi connectivity index (χ1v) is 9.90. The molecule has 148 valence electrons. The summed E-state index contributed by atoms with van der Waals surface area (Å²) in [6.07, 6.45) is 4.92. The maximum atomic E-state index is 11.6. The van der Waals surface area contributed by atoms with E-state index in [1.807, 2.05) is 0 Å². The zero-order valence-corrected chi connectivity index (χ0v) is 16.7. The van der Waals surface area contributed by atoms with Gasteiger partial charge in [-0.05, 0) is 53.0 Å². The Kier molecular flexibility index (Phi) is 6.51. The summed E-state index contributed by atoms with van der Waals surface area (Å²) in [6.45, 7) is 0. The van der Waals surface area contributed by atoms with Crippen LogP contribution in [0.25, 0.3) is 0 Å². The van der Waals surface area contributed by atoms with Crippen molar-refractivity contribution in [2.75, 3.05) is 5.32 Å². The minimum Gasteiger partial charge on any atom is -0.506 e. The van der Waals surface area contributed by atoms with E-state index in [0.29, 0.717) is 27.5 Å². The largest absolute Gasteiger partial charge is 0.506 e. The fourth-order valence-electron chi connectivity index (χ4n) is 3.30. The van der Waals surface area contributed by atoms with Crippen molar-refractivity contribution in [1.82, 2.24) is 4.98 Å². The molecule has 0 bridgehead atoms. The number of aromatic nitrogens is 1. The summed E-state index contributed by atoms with van der Waals surface area (Å²) in [7, 11) is 0. The van der Waals surface area contributed by atoms with Crippen molar-refractivity contribution in [2.45, 2.75) is 44.4 Å². The first-order chi connectivity index (χ1) is 13.4. The maximum Gasteiger partial charge on any atom is 0.312 e. The van der Waals surface area contributed by atoms with Crippen molar-refractivity contribution < 1.29 is 24.5 Å². The molecule has 0 atom stereocenters. The summed E-state index contributed by atoms with van der Waals surface area (Å²) in [4.78, 5) is 26.6. The number of anilines is 1. The summed E-state index contributed by atoms with van der Waals surface area (Å²) >= 11 is 3.39. The Morgan fingerprint density at radius 2 is 1.93 bits per heavy atom. The van der Waals surface area contributed by atoms with Crippen LogP contribution in [0.3, 0.4) is 0 Å². The molecule has 1 aliphatic rings. The summed E-state index contributed by atoms with van der Waals surface area (Å²) in [5, 5.41) is 21.3. The van der Waals surface area contributed by atoms with Crippen LogP contribution in [0, 0.1) is 0 Å². The van der Waals surface area contributed by atoms with Gasteiger partial charge in [-0.15, -0.1) is 0 Å². The monoisotopic (exact) mass is 448 g/mol. The molecule has 1 heterocycles. The smallest absolute Gasteiger partial charge is 0.312 e. The summed E-state index contributed by atoms with van der Waals surface area (Å²) in [5.41, 5.74) is 1.12. The number of carboxylic acids is 1. The van der Waals surface area contributed by atoms with Crippen LogP contribution >= 0.6 is 15.9 Å². The Hall–Kier alpha value is -2.61. The van der Waals surface area contributed by atoms with E-state index in [0.717, 1.165) is 25.7 Å². The fraction of sp³-hybridized carbons (Fsp3) is 0.350. The average Bonchev–Trinajstić information content (AvgIpc) is 2.65. The van der Waals surface area contributed by atoms with E-state index in [9.17, 15) is 14.7 Å². The number of aromatic hydroxyl groups is 1. The lowest BCUT2D eigenvalue weighted by Gasteiger charge is -2.22. The minimum absolute atomic E-state index is 0.190. The number of benzene rings is 1. The first kappa shape index (κ1) is 20.1. The molecule has 1 fully saturated rings. The van der Waals surface area contributed by atoms with E-state index in [1.54, 1.807) is 30.3 Å². The molecule has 3 rings (SSSR count). The van der Waals surface area contributed by atoms with Crippen LogP contribution in [0.2, 0.25) is 0 Å². The van der Waals surface area contributed by atoms with E-state index < -0.39 is 18.3 Å². The van der Waals surface area contributed by atoms with Crippen LogP contribution in [0.4, 0.5) is 5.69 Å². The second-order valence-corrected chi connectivity index (χ2v) is 7.61. The minimum atomic E-state index is -1.19. The van der Waals surface area contributed by atoms with Crippen molar-refractivity contribution >= 4 is 33.5 Å². The van der Waals surface area contributed by atoms with Crippen molar-refractivity contribution in [2.24, 2.45) is 0 Å². The number of carbonyl (C=O) groups is 2. The number of rotatable bonds is 6. The van der Waals surface area contributed by atoms with Gasteiger partial charge in [0, 0.05) is 17.7 Å². The number of hydrogen-bond donors (Lipinski definition) is 3. The number of carboxylic acid groups (broad SMARTS) is 1. The SMILES string of the molecule is O=C(O)CC(=O)Nc1ccc(Oc2ccc(O)c(C3CCCCC3)n2)c(Br)c1. The van der Waals surface area contributed by atoms with Crippen LogP contribution in [0.15, 0.2) is 34.8 Å². The highest BCUT2D eigenvalue weighted by molar-refractivity contribution is 9.10. The van der Waals surface area contributed by atoms with Gasteiger partial charge in [0.2, 0.25) is 11.8 Å². The molecule has 8 heteroatoms. The van der Waals surface area contributed by atoms with Gasteiger partial charge in [0.1, 0.15) is 17.9 Å². The molecule has 2 aromatic rings. The molecule has 0 aliphatic heterocycles. The molecule has 3 N–H and O–H groups in total. The van der Waals surface area contributed by atoms with E-state index in [4.69, 9.17) is 9.84 Å². The Morgan fingerprint density at radius 1 is 1.18 bits per heavy atom. The van der Waals surface area contributed by atoms with Gasteiger partial charge in [0.15, 0.2) is 0 Å². The number of pyridine rings is 1. The van der Waals surface area contributed by atoms with Gasteiger partial charge in [0.25, 0.3) is 0 Å². The maximum absolute atomic E-state index is 11.6. The van der Waals surface area contributed by atoms with Crippen LogP contribution in [0.5, 0.6) is 17.4 Å². The Bertz CT molecular complexity index is 881. The Labute approximate surface area is 170 Å². The number of nitrogens with one attached hydrogen (secondary N) is 1. The third kappa shape index (κ3) is 5.22. The predicted molar refractivity (Wildman–Crippen MR) is 107 cm³/mol. The van der Waals surface area contributed by atoms with Crippen molar-refractivity contribution in [3.05, 3.63) is 40.5 Å². The quantitative estimate of drug-likeness (QED) is 0.547. The lowest BCUT2D eigenvalue weighted by atomic mass is 9.86. The third-order valence-corrected chi connectivity index (χ3v) is 5.23. The number of ether oxygens (including phenoxy) is 1. The summed E-state index contributed by atoms with van der Waals surface area (Å²) in [5.74, 6) is -0.498. The number of halogens is 1. The molecule has 7 nitrogen and oxygen atoms in total. The summed E-state index contributed by atoms with van der Waals surface area (Å²) < 4.78 is 6.42. The van der Waals surface area contributed by atoms with Gasteiger partial charge < -0.3 is 20.3 Å². The molecule has 0 spiro atoms. The number of aliphatic carboxylic acids is 1. The third-order valence-electron chi connectivity index (χ3n) is 4.61. The van der Waals surface area contributed by atoms with E-state index in [-0.39, 0.29) is 11.7 Å². The van der Waals surface area contributed by atoms with Gasteiger partial charge in [-0.1, -0.05) is 19.3 Å². The van der Waals surface area contributed by atoms with Gasteiger partial charge in [-0.3, -0.25) is 9.59 Å². The molecule has 1 aliphatic carbocycles. The van der Waals surface area contributed by atoms with Gasteiger partial charge >= 0.3 is 5.97 Å². The van der Waals surface area contributed by atoms with Crippen molar-refractivity contribution in [1.29, 1.82) is 0 Å². The molecule has 1 saturated carbocycles. The van der Waals surface area contributed by atoms with Gasteiger partial charge in [-0.2, -0.15) is 0 Å². The first-order valence-electron chi connectivity index (χ1n) is 9.11. The highest BCUT2D eigenvalue weighted by Gasteiger charge is 2.21. The van der Waals surface area contributed by atoms with E-state index >= 15 is 0 Å². The predicted octanol–water partition coefficient (Wildman–Crippen LogP) is 4.80. The second-order valence-electron chi connectivity index (χ2n) is 6.75. The number of hydrogen-bond acceptors (Lipinski definition) is 5. The normalized spacial score (nSPS) is 14.5. The van der Waals surface area contributed by atoms with Gasteiger partial charge in [0.05, 0.1) is 10.2 Å². The summed E-state index contributed by atoms with van der Waals surface area (Å²) in [6, 6.07) is 8.09. The molecule has 0 saturated heterocycles. The lowest BCUT2D eigenvalue weighted by Crippen LogP contribution is -2.15. The zero-order chi connectivity index (χ0) is 20.1. The topological polar surface area (TPSA) is 109 Å².